The van der Waals surface area contributed by atoms with Crippen molar-refractivity contribution in [1.82, 2.24) is 14.8 Å². The number of amides is 1. The van der Waals surface area contributed by atoms with Crippen molar-refractivity contribution >= 4 is 23.4 Å². The van der Waals surface area contributed by atoms with Crippen molar-refractivity contribution < 1.29 is 4.79 Å². The Morgan fingerprint density at radius 2 is 2.12 bits per heavy atom. The molecule has 1 N–H and O–H groups in total. The van der Waals surface area contributed by atoms with Crippen LogP contribution in [0.4, 0.5) is 5.69 Å². The predicted octanol–water partition coefficient (Wildman–Crippen LogP) is 4.08. The zero-order valence-corrected chi connectivity index (χ0v) is 15.1. The highest BCUT2D eigenvalue weighted by atomic mass is 32.2. The lowest BCUT2D eigenvalue weighted by molar-refractivity contribution is 0.102. The van der Waals surface area contributed by atoms with Crippen molar-refractivity contribution in [2.45, 2.75) is 19.6 Å². The number of nitrogens with zero attached hydrogens (tertiary/aromatic N) is 3. The lowest BCUT2D eigenvalue weighted by Crippen LogP contribution is -2.13. The molecule has 0 aliphatic carbocycles. The van der Waals surface area contributed by atoms with E-state index < -0.39 is 0 Å². The van der Waals surface area contributed by atoms with Crippen LogP contribution in [-0.4, -0.2) is 26.4 Å². The lowest BCUT2D eigenvalue weighted by Gasteiger charge is -2.08. The van der Waals surface area contributed by atoms with Gasteiger partial charge < -0.3 is 5.32 Å². The molecule has 25 heavy (non-hydrogen) atoms. The Labute approximate surface area is 151 Å². The van der Waals surface area contributed by atoms with Gasteiger partial charge in [-0.1, -0.05) is 25.1 Å². The van der Waals surface area contributed by atoms with E-state index in [2.05, 4.69) is 28.4 Å². The van der Waals surface area contributed by atoms with Gasteiger partial charge in [-0.15, -0.1) is 0 Å². The monoisotopic (exact) mass is 352 g/mol. The number of rotatable bonds is 6. The molecule has 1 amide bonds. The van der Waals surface area contributed by atoms with Crippen molar-refractivity contribution in [1.29, 1.82) is 0 Å². The molecule has 0 unspecified atom stereocenters. The van der Waals surface area contributed by atoms with Crippen LogP contribution in [0.15, 0.2) is 54.9 Å². The number of benzene rings is 1. The Morgan fingerprint density at radius 1 is 1.24 bits per heavy atom. The van der Waals surface area contributed by atoms with Crippen molar-refractivity contribution in [3.63, 3.8) is 0 Å². The SMILES string of the molecule is CCSCc1cccc(NC(=O)c2cnn(-c3ccccn3)c2C)c1. The van der Waals surface area contributed by atoms with Crippen LogP contribution in [0.2, 0.25) is 0 Å². The Hall–Kier alpha value is -2.60. The second-order valence-electron chi connectivity index (χ2n) is 5.54. The first-order chi connectivity index (χ1) is 12.2. The number of hydrogen-bond acceptors (Lipinski definition) is 4. The van der Waals surface area contributed by atoms with Crippen LogP contribution >= 0.6 is 11.8 Å². The maximum Gasteiger partial charge on any atom is 0.259 e. The molecule has 0 spiro atoms. The molecule has 0 atom stereocenters. The first-order valence-electron chi connectivity index (χ1n) is 8.13. The molecule has 0 aliphatic rings. The minimum absolute atomic E-state index is 0.167. The molecule has 0 bridgehead atoms. The first-order valence-corrected chi connectivity index (χ1v) is 9.28. The minimum Gasteiger partial charge on any atom is -0.322 e. The number of carbonyl (C=O) groups excluding carboxylic acids is 1. The summed E-state index contributed by atoms with van der Waals surface area (Å²) in [5.74, 6) is 2.54. The van der Waals surface area contributed by atoms with E-state index in [9.17, 15) is 4.79 Å². The standard InChI is InChI=1S/C19H20N4OS/c1-3-25-13-15-7-6-8-16(11-15)22-19(24)17-12-21-23(14(17)2)18-9-4-5-10-20-18/h4-12H,3,13H2,1-2H3,(H,22,24). The summed E-state index contributed by atoms with van der Waals surface area (Å²) >= 11 is 1.86. The van der Waals surface area contributed by atoms with Gasteiger partial charge in [-0.05, 0) is 42.5 Å². The zero-order chi connectivity index (χ0) is 17.6. The van der Waals surface area contributed by atoms with Gasteiger partial charge in [0.2, 0.25) is 0 Å². The van der Waals surface area contributed by atoms with Gasteiger partial charge in [-0.3, -0.25) is 4.79 Å². The summed E-state index contributed by atoms with van der Waals surface area (Å²) in [6.45, 7) is 4.00. The topological polar surface area (TPSA) is 59.8 Å². The van der Waals surface area contributed by atoms with Crippen LogP contribution in [0.25, 0.3) is 5.82 Å². The van der Waals surface area contributed by atoms with Crippen LogP contribution in [0.1, 0.15) is 28.5 Å². The molecule has 2 aromatic heterocycles. The van der Waals surface area contributed by atoms with E-state index in [-0.39, 0.29) is 5.91 Å². The second kappa shape index (κ2) is 7.98. The molecule has 0 aliphatic heterocycles. The summed E-state index contributed by atoms with van der Waals surface area (Å²) in [5.41, 5.74) is 3.29. The summed E-state index contributed by atoms with van der Waals surface area (Å²) in [6.07, 6.45) is 3.28. The van der Waals surface area contributed by atoms with E-state index >= 15 is 0 Å². The Morgan fingerprint density at radius 3 is 2.88 bits per heavy atom. The summed E-state index contributed by atoms with van der Waals surface area (Å²) < 4.78 is 1.67. The Kier molecular flexibility index (Phi) is 5.50. The molecule has 3 aromatic rings. The lowest BCUT2D eigenvalue weighted by atomic mass is 10.2. The molecular weight excluding hydrogens is 332 g/mol. The molecule has 5 nitrogen and oxygen atoms in total. The molecule has 2 heterocycles. The summed E-state index contributed by atoms with van der Waals surface area (Å²) in [7, 11) is 0. The quantitative estimate of drug-likeness (QED) is 0.726. The highest BCUT2D eigenvalue weighted by molar-refractivity contribution is 7.98. The first kappa shape index (κ1) is 17.2. The number of hydrogen-bond donors (Lipinski definition) is 1. The van der Waals surface area contributed by atoms with Crippen molar-refractivity contribution in [2.75, 3.05) is 11.1 Å². The van der Waals surface area contributed by atoms with E-state index in [1.54, 1.807) is 17.1 Å². The maximum absolute atomic E-state index is 12.6. The Balaban J connectivity index is 1.77. The van der Waals surface area contributed by atoms with Gasteiger partial charge in [0, 0.05) is 17.6 Å². The number of thioether (sulfide) groups is 1. The van der Waals surface area contributed by atoms with Gasteiger partial charge in [0.15, 0.2) is 5.82 Å². The fourth-order valence-corrected chi connectivity index (χ4v) is 3.12. The predicted molar refractivity (Wildman–Crippen MR) is 102 cm³/mol. The van der Waals surface area contributed by atoms with E-state index in [0.717, 1.165) is 22.9 Å². The van der Waals surface area contributed by atoms with Gasteiger partial charge >= 0.3 is 0 Å². The highest BCUT2D eigenvalue weighted by Gasteiger charge is 2.15. The number of carbonyl (C=O) groups is 1. The van der Waals surface area contributed by atoms with E-state index in [4.69, 9.17) is 0 Å². The molecule has 0 saturated carbocycles. The average molecular weight is 352 g/mol. The zero-order valence-electron chi connectivity index (χ0n) is 14.3. The van der Waals surface area contributed by atoms with Crippen molar-refractivity contribution in [3.8, 4) is 5.82 Å². The van der Waals surface area contributed by atoms with Crippen LogP contribution in [-0.2, 0) is 5.75 Å². The van der Waals surface area contributed by atoms with Crippen molar-refractivity contribution in [3.05, 3.63) is 71.7 Å². The second-order valence-corrected chi connectivity index (χ2v) is 6.81. The summed E-state index contributed by atoms with van der Waals surface area (Å²) in [5, 5.41) is 7.26. The third-order valence-corrected chi connectivity index (χ3v) is 4.72. The maximum atomic E-state index is 12.6. The van der Waals surface area contributed by atoms with Crippen LogP contribution in [0, 0.1) is 6.92 Å². The molecule has 1 aromatic carbocycles. The van der Waals surface area contributed by atoms with E-state index in [1.807, 2.05) is 55.1 Å². The number of nitrogens with one attached hydrogen (secondary N) is 1. The van der Waals surface area contributed by atoms with Gasteiger partial charge in [0.05, 0.1) is 17.5 Å². The molecule has 0 radical (unpaired) electrons. The smallest absolute Gasteiger partial charge is 0.259 e. The van der Waals surface area contributed by atoms with Crippen LogP contribution < -0.4 is 5.32 Å². The van der Waals surface area contributed by atoms with Gasteiger partial charge in [0.25, 0.3) is 5.91 Å². The highest BCUT2D eigenvalue weighted by Crippen LogP contribution is 2.18. The average Bonchev–Trinajstić information content (AvgIpc) is 3.02. The molecule has 0 saturated heterocycles. The molecule has 0 fully saturated rings. The fraction of sp³-hybridized carbons (Fsp3) is 0.211. The Bertz CT molecular complexity index is 861. The third kappa shape index (κ3) is 4.09. The number of anilines is 1. The van der Waals surface area contributed by atoms with E-state index in [1.165, 1.54) is 5.56 Å². The minimum atomic E-state index is -0.167. The van der Waals surface area contributed by atoms with E-state index in [0.29, 0.717) is 11.4 Å². The largest absolute Gasteiger partial charge is 0.322 e. The normalized spacial score (nSPS) is 10.6. The molecular formula is C19H20N4OS. The molecule has 6 heteroatoms. The molecule has 3 rings (SSSR count). The van der Waals surface area contributed by atoms with Gasteiger partial charge in [-0.2, -0.15) is 16.9 Å². The summed E-state index contributed by atoms with van der Waals surface area (Å²) in [4.78, 5) is 16.9. The van der Waals surface area contributed by atoms with Crippen LogP contribution in [0.5, 0.6) is 0 Å². The van der Waals surface area contributed by atoms with Gasteiger partial charge in [-0.25, -0.2) is 9.67 Å². The van der Waals surface area contributed by atoms with Crippen molar-refractivity contribution in [2.24, 2.45) is 0 Å². The third-order valence-electron chi connectivity index (χ3n) is 3.78. The van der Waals surface area contributed by atoms with Crippen LogP contribution in [0.3, 0.4) is 0 Å². The summed E-state index contributed by atoms with van der Waals surface area (Å²) in [6, 6.07) is 13.5. The molecule has 128 valence electrons. The van der Waals surface area contributed by atoms with Gasteiger partial charge in [0.1, 0.15) is 0 Å². The fourth-order valence-electron chi connectivity index (χ4n) is 2.50. The number of pyridine rings is 1. The number of aromatic nitrogens is 3.